The van der Waals surface area contributed by atoms with Crippen LogP contribution in [0.3, 0.4) is 0 Å². The molecule has 154 valence electrons. The zero-order valence-electron chi connectivity index (χ0n) is 16.9. The topological polar surface area (TPSA) is 83.5 Å². The second-order valence-corrected chi connectivity index (χ2v) is 6.99. The van der Waals surface area contributed by atoms with Crippen molar-refractivity contribution >= 4 is 23.4 Å². The number of hydrogen-bond acceptors (Lipinski definition) is 7. The normalized spacial score (nSPS) is 13.8. The van der Waals surface area contributed by atoms with Crippen molar-refractivity contribution in [2.24, 2.45) is 0 Å². The quantitative estimate of drug-likeness (QED) is 0.676. The monoisotopic (exact) mass is 404 g/mol. The molecule has 4 rings (SSSR count). The zero-order valence-corrected chi connectivity index (χ0v) is 16.9. The molecule has 1 N–H and O–H groups in total. The van der Waals surface area contributed by atoms with Crippen molar-refractivity contribution in [2.75, 3.05) is 43.5 Å². The first kappa shape index (κ1) is 19.6. The molecule has 8 heteroatoms. The van der Waals surface area contributed by atoms with Gasteiger partial charge in [0, 0.05) is 38.4 Å². The van der Waals surface area contributed by atoms with Crippen LogP contribution in [-0.2, 0) is 11.2 Å². The Morgan fingerprint density at radius 1 is 1.00 bits per heavy atom. The maximum absolute atomic E-state index is 12.7. The third-order valence-electron chi connectivity index (χ3n) is 5.04. The van der Waals surface area contributed by atoms with E-state index in [1.807, 2.05) is 53.4 Å². The molecule has 30 heavy (non-hydrogen) atoms. The summed E-state index contributed by atoms with van der Waals surface area (Å²) in [7, 11) is 1.63. The molecular formula is C22H24N6O2. The lowest BCUT2D eigenvalue weighted by Crippen LogP contribution is -2.49. The molecule has 0 bridgehead atoms. The number of benzene rings is 1. The van der Waals surface area contributed by atoms with E-state index < -0.39 is 0 Å². The maximum Gasteiger partial charge on any atom is 0.227 e. The van der Waals surface area contributed by atoms with Gasteiger partial charge < -0.3 is 19.9 Å². The third kappa shape index (κ3) is 4.83. The highest BCUT2D eigenvalue weighted by atomic mass is 16.5. The molecule has 0 unspecified atom stereocenters. The predicted molar refractivity (Wildman–Crippen MR) is 115 cm³/mol. The van der Waals surface area contributed by atoms with Crippen LogP contribution >= 0.6 is 0 Å². The maximum atomic E-state index is 12.7. The van der Waals surface area contributed by atoms with E-state index in [9.17, 15) is 4.79 Å². The second-order valence-electron chi connectivity index (χ2n) is 6.99. The summed E-state index contributed by atoms with van der Waals surface area (Å²) in [4.78, 5) is 29.7. The number of nitrogens with one attached hydrogen (secondary N) is 1. The summed E-state index contributed by atoms with van der Waals surface area (Å²) in [6.45, 7) is 2.80. The zero-order chi connectivity index (χ0) is 20.8. The van der Waals surface area contributed by atoms with E-state index in [0.29, 0.717) is 25.3 Å². The Morgan fingerprint density at radius 3 is 2.50 bits per heavy atom. The van der Waals surface area contributed by atoms with Crippen molar-refractivity contribution in [2.45, 2.75) is 6.42 Å². The third-order valence-corrected chi connectivity index (χ3v) is 5.04. The molecule has 0 aliphatic carbocycles. The lowest BCUT2D eigenvalue weighted by atomic mass is 10.1. The van der Waals surface area contributed by atoms with E-state index >= 15 is 0 Å². The molecule has 0 atom stereocenters. The molecule has 0 radical (unpaired) electrons. The number of piperazine rings is 1. The van der Waals surface area contributed by atoms with Gasteiger partial charge in [0.1, 0.15) is 29.5 Å². The van der Waals surface area contributed by atoms with Gasteiger partial charge in [-0.3, -0.25) is 4.79 Å². The van der Waals surface area contributed by atoms with Gasteiger partial charge in [-0.15, -0.1) is 0 Å². The van der Waals surface area contributed by atoms with Gasteiger partial charge in [-0.2, -0.15) is 0 Å². The molecular weight excluding hydrogens is 380 g/mol. The molecule has 1 aliphatic rings. The standard InChI is InChI=1S/C22H24N6O2/c1-30-18-7-5-17(6-8-18)14-22(29)28-12-10-27(11-13-28)21-15-20(24-16-25-21)26-19-4-2-3-9-23-19/h2-9,15-16H,10-14H2,1H3,(H,23,24,25,26). The van der Waals surface area contributed by atoms with Crippen LogP contribution in [0.5, 0.6) is 5.75 Å². The smallest absolute Gasteiger partial charge is 0.227 e. The Labute approximate surface area is 175 Å². The SMILES string of the molecule is COc1ccc(CC(=O)N2CCN(c3cc(Nc4ccccn4)ncn3)CC2)cc1. The summed E-state index contributed by atoms with van der Waals surface area (Å²) in [5.41, 5.74) is 0.990. The number of carbonyl (C=O) groups is 1. The highest BCUT2D eigenvalue weighted by Crippen LogP contribution is 2.19. The summed E-state index contributed by atoms with van der Waals surface area (Å²) < 4.78 is 5.17. The largest absolute Gasteiger partial charge is 0.497 e. The lowest BCUT2D eigenvalue weighted by Gasteiger charge is -2.35. The molecule has 8 nitrogen and oxygen atoms in total. The van der Waals surface area contributed by atoms with Gasteiger partial charge in [-0.25, -0.2) is 15.0 Å². The Hall–Kier alpha value is -3.68. The summed E-state index contributed by atoms with van der Waals surface area (Å²) >= 11 is 0. The first-order chi connectivity index (χ1) is 14.7. The summed E-state index contributed by atoms with van der Waals surface area (Å²) in [6, 6.07) is 15.2. The van der Waals surface area contributed by atoms with Crippen molar-refractivity contribution in [1.82, 2.24) is 19.9 Å². The van der Waals surface area contributed by atoms with E-state index in [4.69, 9.17) is 4.74 Å². The molecule has 3 aromatic rings. The molecule has 1 saturated heterocycles. The van der Waals surface area contributed by atoms with E-state index in [-0.39, 0.29) is 5.91 Å². The van der Waals surface area contributed by atoms with Crippen LogP contribution in [0, 0.1) is 0 Å². The van der Waals surface area contributed by atoms with Crippen LogP contribution in [0.2, 0.25) is 0 Å². The molecule has 0 spiro atoms. The van der Waals surface area contributed by atoms with Crippen molar-refractivity contribution in [3.05, 3.63) is 66.6 Å². The van der Waals surface area contributed by atoms with Gasteiger partial charge >= 0.3 is 0 Å². The number of rotatable bonds is 6. The summed E-state index contributed by atoms with van der Waals surface area (Å²) in [5, 5.41) is 3.18. The van der Waals surface area contributed by atoms with Crippen LogP contribution in [0.25, 0.3) is 0 Å². The fourth-order valence-corrected chi connectivity index (χ4v) is 3.37. The lowest BCUT2D eigenvalue weighted by molar-refractivity contribution is -0.130. The highest BCUT2D eigenvalue weighted by Gasteiger charge is 2.22. The molecule has 1 fully saturated rings. The number of pyridine rings is 1. The van der Waals surface area contributed by atoms with Gasteiger partial charge in [-0.1, -0.05) is 18.2 Å². The van der Waals surface area contributed by atoms with Crippen molar-refractivity contribution < 1.29 is 9.53 Å². The van der Waals surface area contributed by atoms with Gasteiger partial charge in [-0.05, 0) is 29.8 Å². The van der Waals surface area contributed by atoms with Crippen molar-refractivity contribution in [3.8, 4) is 5.75 Å². The number of carbonyl (C=O) groups excluding carboxylic acids is 1. The number of hydrogen-bond donors (Lipinski definition) is 1. The van der Waals surface area contributed by atoms with Crippen molar-refractivity contribution in [1.29, 1.82) is 0 Å². The minimum Gasteiger partial charge on any atom is -0.497 e. The van der Waals surface area contributed by atoms with E-state index in [1.54, 1.807) is 19.6 Å². The van der Waals surface area contributed by atoms with Gasteiger partial charge in [0.2, 0.25) is 5.91 Å². The van der Waals surface area contributed by atoms with Crippen LogP contribution in [0.1, 0.15) is 5.56 Å². The second kappa shape index (κ2) is 9.21. The minimum absolute atomic E-state index is 0.139. The number of amides is 1. The van der Waals surface area contributed by atoms with Gasteiger partial charge in [0.25, 0.3) is 0 Å². The molecule has 2 aromatic heterocycles. The Balaban J connectivity index is 1.32. The number of aromatic nitrogens is 3. The molecule has 1 aromatic carbocycles. The Morgan fingerprint density at radius 2 is 1.80 bits per heavy atom. The number of methoxy groups -OCH3 is 1. The first-order valence-electron chi connectivity index (χ1n) is 9.87. The fourth-order valence-electron chi connectivity index (χ4n) is 3.37. The number of anilines is 3. The molecule has 1 amide bonds. The minimum atomic E-state index is 0.139. The Bertz CT molecular complexity index is 972. The van der Waals surface area contributed by atoms with Crippen LogP contribution < -0.4 is 15.0 Å². The molecule has 3 heterocycles. The number of ether oxygens (including phenoxy) is 1. The highest BCUT2D eigenvalue weighted by molar-refractivity contribution is 5.79. The van der Waals surface area contributed by atoms with Crippen molar-refractivity contribution in [3.63, 3.8) is 0 Å². The van der Waals surface area contributed by atoms with Gasteiger partial charge in [0.15, 0.2) is 0 Å². The predicted octanol–water partition coefficient (Wildman–Crippen LogP) is 2.52. The summed E-state index contributed by atoms with van der Waals surface area (Å²) in [5.74, 6) is 3.19. The number of nitrogens with zero attached hydrogens (tertiary/aromatic N) is 5. The van der Waals surface area contributed by atoms with Crippen LogP contribution in [-0.4, -0.2) is 59.0 Å². The summed E-state index contributed by atoms with van der Waals surface area (Å²) in [6.07, 6.45) is 3.67. The molecule has 0 saturated carbocycles. The van der Waals surface area contributed by atoms with Gasteiger partial charge in [0.05, 0.1) is 13.5 Å². The Kier molecular flexibility index (Phi) is 6.03. The van der Waals surface area contributed by atoms with Crippen LogP contribution in [0.15, 0.2) is 61.1 Å². The van der Waals surface area contributed by atoms with E-state index in [1.165, 1.54) is 0 Å². The van der Waals surface area contributed by atoms with E-state index in [2.05, 4.69) is 25.2 Å². The van der Waals surface area contributed by atoms with Crippen LogP contribution in [0.4, 0.5) is 17.5 Å². The average Bonchev–Trinajstić information content (AvgIpc) is 2.80. The fraction of sp³-hybridized carbons (Fsp3) is 0.273. The average molecular weight is 404 g/mol. The molecule has 1 aliphatic heterocycles. The van der Waals surface area contributed by atoms with E-state index in [0.717, 1.165) is 36.0 Å². The first-order valence-corrected chi connectivity index (χ1v) is 9.87.